The van der Waals surface area contributed by atoms with E-state index in [2.05, 4.69) is 21.2 Å². The van der Waals surface area contributed by atoms with Gasteiger partial charge in [-0.15, -0.1) is 0 Å². The molecule has 1 amide bonds. The number of amides is 1. The molecule has 0 bridgehead atoms. The normalized spacial score (nSPS) is 20.7. The third-order valence-corrected chi connectivity index (χ3v) is 5.72. The maximum atomic E-state index is 12.2. The Balaban J connectivity index is 2.17. The Morgan fingerprint density at radius 2 is 2.14 bits per heavy atom. The molecule has 1 aliphatic heterocycles. The molecule has 2 rings (SSSR count). The number of nitro benzene ring substituents is 1. The second-order valence-corrected chi connectivity index (χ2v) is 7.93. The summed E-state index contributed by atoms with van der Waals surface area (Å²) in [4.78, 5) is 22.3. The molecule has 114 valence electrons. The van der Waals surface area contributed by atoms with E-state index in [0.717, 1.165) is 6.07 Å². The molecular formula is C12H13BrN2O5S. The molecule has 7 nitrogen and oxygen atoms in total. The van der Waals surface area contributed by atoms with Crippen molar-refractivity contribution in [2.24, 2.45) is 0 Å². The highest BCUT2D eigenvalue weighted by Crippen LogP contribution is 2.23. The van der Waals surface area contributed by atoms with Gasteiger partial charge in [0.05, 0.1) is 22.0 Å². The average Bonchev–Trinajstić information content (AvgIpc) is 2.37. The minimum Gasteiger partial charge on any atom is -0.348 e. The lowest BCUT2D eigenvalue weighted by molar-refractivity contribution is -0.384. The minimum absolute atomic E-state index is 0.0920. The summed E-state index contributed by atoms with van der Waals surface area (Å²) in [5.74, 6) is -0.474. The van der Waals surface area contributed by atoms with Crippen LogP contribution in [0.1, 0.15) is 23.2 Å². The molecule has 1 N–H and O–H groups in total. The number of carbonyl (C=O) groups is 1. The summed E-state index contributed by atoms with van der Waals surface area (Å²) in [6.45, 7) is 0. The van der Waals surface area contributed by atoms with E-state index in [0.29, 0.717) is 17.3 Å². The summed E-state index contributed by atoms with van der Waals surface area (Å²) in [6, 6.07) is 3.41. The van der Waals surface area contributed by atoms with Gasteiger partial charge >= 0.3 is 0 Å². The van der Waals surface area contributed by atoms with E-state index in [4.69, 9.17) is 0 Å². The number of nitro groups is 1. The van der Waals surface area contributed by atoms with Gasteiger partial charge in [-0.1, -0.05) is 0 Å². The second kappa shape index (κ2) is 6.10. The first-order chi connectivity index (χ1) is 9.78. The predicted octanol–water partition coefficient (Wildman–Crippen LogP) is 1.66. The number of carbonyl (C=O) groups excluding carboxylic acids is 1. The standard InChI is InChI=1S/C12H13BrN2O5S/c13-11-4-3-9(15(17)18)6-10(11)12(16)14-8-2-1-5-21(19,20)7-8/h3-4,6,8H,1-2,5,7H2,(H,14,16). The van der Waals surface area contributed by atoms with Gasteiger partial charge in [-0.05, 0) is 34.8 Å². The lowest BCUT2D eigenvalue weighted by Gasteiger charge is -2.23. The number of halogens is 1. The zero-order valence-corrected chi connectivity index (χ0v) is 13.3. The monoisotopic (exact) mass is 376 g/mol. The SMILES string of the molecule is O=C(NC1CCCS(=O)(=O)C1)c1cc([N+](=O)[O-])ccc1Br. The van der Waals surface area contributed by atoms with Crippen molar-refractivity contribution in [2.45, 2.75) is 18.9 Å². The zero-order valence-electron chi connectivity index (χ0n) is 10.9. The van der Waals surface area contributed by atoms with E-state index >= 15 is 0 Å². The Hall–Kier alpha value is -1.48. The molecule has 1 aromatic rings. The molecule has 9 heteroatoms. The smallest absolute Gasteiger partial charge is 0.270 e. The van der Waals surface area contributed by atoms with E-state index in [1.807, 2.05) is 0 Å². The highest BCUT2D eigenvalue weighted by atomic mass is 79.9. The summed E-state index contributed by atoms with van der Waals surface area (Å²) in [5, 5.41) is 13.4. The van der Waals surface area contributed by atoms with Crippen LogP contribution >= 0.6 is 15.9 Å². The van der Waals surface area contributed by atoms with Crippen LogP contribution in [-0.4, -0.2) is 36.8 Å². The Kier molecular flexibility index (Phi) is 4.62. The first-order valence-electron chi connectivity index (χ1n) is 6.24. The predicted molar refractivity (Wildman–Crippen MR) is 79.9 cm³/mol. The van der Waals surface area contributed by atoms with Crippen LogP contribution in [-0.2, 0) is 9.84 Å². The maximum absolute atomic E-state index is 12.2. The topological polar surface area (TPSA) is 106 Å². The first kappa shape index (κ1) is 15.9. The zero-order chi connectivity index (χ0) is 15.6. The third-order valence-electron chi connectivity index (χ3n) is 3.20. The summed E-state index contributed by atoms with van der Waals surface area (Å²) in [7, 11) is -3.13. The van der Waals surface area contributed by atoms with Crippen molar-refractivity contribution in [1.82, 2.24) is 5.32 Å². The van der Waals surface area contributed by atoms with Gasteiger partial charge in [0.2, 0.25) is 0 Å². The molecule has 0 saturated carbocycles. The van der Waals surface area contributed by atoms with Gasteiger partial charge in [0.25, 0.3) is 11.6 Å². The summed E-state index contributed by atoms with van der Waals surface area (Å²) >= 11 is 3.17. The lowest BCUT2D eigenvalue weighted by Crippen LogP contribution is -2.43. The van der Waals surface area contributed by atoms with Crippen molar-refractivity contribution in [1.29, 1.82) is 0 Å². The molecule has 21 heavy (non-hydrogen) atoms. The van der Waals surface area contributed by atoms with Crippen molar-refractivity contribution in [2.75, 3.05) is 11.5 Å². The van der Waals surface area contributed by atoms with Crippen molar-refractivity contribution in [3.05, 3.63) is 38.3 Å². The molecule has 0 spiro atoms. The average molecular weight is 377 g/mol. The Morgan fingerprint density at radius 3 is 2.76 bits per heavy atom. The van der Waals surface area contributed by atoms with Crippen molar-refractivity contribution in [3.63, 3.8) is 0 Å². The third kappa shape index (κ3) is 4.01. The van der Waals surface area contributed by atoms with Crippen LogP contribution < -0.4 is 5.32 Å². The number of sulfone groups is 1. The summed E-state index contributed by atoms with van der Waals surface area (Å²) in [5.41, 5.74) is -0.0770. The number of non-ortho nitro benzene ring substituents is 1. The fraction of sp³-hybridized carbons (Fsp3) is 0.417. The highest BCUT2D eigenvalue weighted by Gasteiger charge is 2.27. The van der Waals surface area contributed by atoms with Gasteiger partial charge < -0.3 is 5.32 Å². The van der Waals surface area contributed by atoms with Crippen molar-refractivity contribution in [3.8, 4) is 0 Å². The molecule has 0 radical (unpaired) electrons. The number of nitrogens with one attached hydrogen (secondary N) is 1. The number of rotatable bonds is 3. The minimum atomic E-state index is -3.13. The van der Waals surface area contributed by atoms with Gasteiger partial charge in [-0.3, -0.25) is 14.9 Å². The molecule has 1 fully saturated rings. The molecule has 0 aromatic heterocycles. The van der Waals surface area contributed by atoms with Gasteiger partial charge in [0.15, 0.2) is 9.84 Å². The summed E-state index contributed by atoms with van der Waals surface area (Å²) < 4.78 is 23.5. The van der Waals surface area contributed by atoms with Crippen molar-refractivity contribution < 1.29 is 18.1 Å². The molecule has 1 aromatic carbocycles. The number of hydrogen-bond donors (Lipinski definition) is 1. The Bertz CT molecular complexity index is 689. The fourth-order valence-corrected chi connectivity index (χ4v) is 4.26. The molecule has 1 aliphatic rings. The molecule has 1 heterocycles. The van der Waals surface area contributed by atoms with Crippen LogP contribution in [0.15, 0.2) is 22.7 Å². The van der Waals surface area contributed by atoms with Crippen LogP contribution in [0.5, 0.6) is 0 Å². The van der Waals surface area contributed by atoms with E-state index < -0.39 is 26.7 Å². The van der Waals surface area contributed by atoms with Crippen LogP contribution in [0, 0.1) is 10.1 Å². The lowest BCUT2D eigenvalue weighted by atomic mass is 10.1. The van der Waals surface area contributed by atoms with Gasteiger partial charge in [0.1, 0.15) is 0 Å². The summed E-state index contributed by atoms with van der Waals surface area (Å²) in [6.07, 6.45) is 1.08. The fourth-order valence-electron chi connectivity index (χ4n) is 2.20. The van der Waals surface area contributed by atoms with Crippen LogP contribution in [0.2, 0.25) is 0 Å². The number of benzene rings is 1. The Morgan fingerprint density at radius 1 is 1.43 bits per heavy atom. The van der Waals surface area contributed by atoms with Gasteiger partial charge in [-0.25, -0.2) is 8.42 Å². The molecule has 0 aliphatic carbocycles. The number of nitrogens with zero attached hydrogens (tertiary/aromatic N) is 1. The van der Waals surface area contributed by atoms with Crippen LogP contribution in [0.4, 0.5) is 5.69 Å². The highest BCUT2D eigenvalue weighted by molar-refractivity contribution is 9.10. The van der Waals surface area contributed by atoms with E-state index in [1.165, 1.54) is 12.1 Å². The quantitative estimate of drug-likeness (QED) is 0.637. The molecule has 1 saturated heterocycles. The van der Waals surface area contributed by atoms with Crippen molar-refractivity contribution >= 4 is 37.4 Å². The van der Waals surface area contributed by atoms with Crippen LogP contribution in [0.25, 0.3) is 0 Å². The Labute approximate surface area is 129 Å². The van der Waals surface area contributed by atoms with E-state index in [-0.39, 0.29) is 22.8 Å². The second-order valence-electron chi connectivity index (χ2n) is 4.85. The molecule has 1 atom stereocenters. The maximum Gasteiger partial charge on any atom is 0.270 e. The van der Waals surface area contributed by atoms with E-state index in [1.54, 1.807) is 0 Å². The molecular weight excluding hydrogens is 364 g/mol. The van der Waals surface area contributed by atoms with Gasteiger partial charge in [-0.2, -0.15) is 0 Å². The van der Waals surface area contributed by atoms with Gasteiger partial charge in [0, 0.05) is 22.6 Å². The van der Waals surface area contributed by atoms with E-state index in [9.17, 15) is 23.3 Å². The molecule has 1 unspecified atom stereocenters. The largest absolute Gasteiger partial charge is 0.348 e. The first-order valence-corrected chi connectivity index (χ1v) is 8.85. The number of hydrogen-bond acceptors (Lipinski definition) is 5. The van der Waals surface area contributed by atoms with Crippen LogP contribution in [0.3, 0.4) is 0 Å².